The van der Waals surface area contributed by atoms with Crippen LogP contribution in [0.2, 0.25) is 0 Å². The van der Waals surface area contributed by atoms with Crippen molar-refractivity contribution in [2.45, 2.75) is 45.1 Å². The molecule has 2 atom stereocenters. The highest BCUT2D eigenvalue weighted by molar-refractivity contribution is 5.86. The van der Waals surface area contributed by atoms with Crippen LogP contribution in [0.3, 0.4) is 0 Å². The topological polar surface area (TPSA) is 36.3 Å². The number of rotatable bonds is 4. The summed E-state index contributed by atoms with van der Waals surface area (Å²) in [5, 5.41) is 9.45. The van der Waals surface area contributed by atoms with Gasteiger partial charge in [-0.25, -0.2) is 0 Å². The number of benzene rings is 1. The average molecular weight is 380 g/mol. The van der Waals surface area contributed by atoms with Crippen LogP contribution in [0.25, 0.3) is 10.9 Å². The fraction of sp³-hybridized carbons (Fsp3) is 0.522. The van der Waals surface area contributed by atoms with Gasteiger partial charge in [0.1, 0.15) is 0 Å². The van der Waals surface area contributed by atoms with Gasteiger partial charge >= 0.3 is 0 Å². The van der Waals surface area contributed by atoms with E-state index in [2.05, 4.69) is 67.4 Å². The zero-order chi connectivity index (χ0) is 19.8. The first-order valence-corrected chi connectivity index (χ1v) is 10.6. The van der Waals surface area contributed by atoms with E-state index in [1.807, 2.05) is 4.68 Å². The molecule has 5 heteroatoms. The average Bonchev–Trinajstić information content (AvgIpc) is 3.03. The lowest BCUT2D eigenvalue weighted by atomic mass is 9.90. The molecule has 4 rings (SSSR count). The third-order valence-corrected chi connectivity index (χ3v) is 6.58. The first kappa shape index (κ1) is 19.1. The van der Waals surface area contributed by atoms with Crippen LogP contribution in [-0.4, -0.2) is 46.9 Å². The van der Waals surface area contributed by atoms with Gasteiger partial charge in [-0.2, -0.15) is 5.10 Å². The summed E-state index contributed by atoms with van der Waals surface area (Å²) in [6.07, 6.45) is 3.22. The third-order valence-electron chi connectivity index (χ3n) is 6.58. The van der Waals surface area contributed by atoms with Crippen molar-refractivity contribution in [2.75, 3.05) is 31.1 Å². The van der Waals surface area contributed by atoms with Crippen molar-refractivity contribution in [1.82, 2.24) is 20.0 Å². The molecule has 0 spiro atoms. The molecular weight excluding hydrogens is 346 g/mol. The molecule has 2 fully saturated rings. The van der Waals surface area contributed by atoms with Crippen molar-refractivity contribution in [3.8, 4) is 0 Å². The number of allylic oxidation sites excluding steroid dienone is 2. The van der Waals surface area contributed by atoms with Crippen LogP contribution in [0, 0.1) is 0 Å². The Bertz CT molecular complexity index is 888. The highest BCUT2D eigenvalue weighted by Gasteiger charge is 2.26. The number of piperazine rings is 1. The molecule has 2 aromatic rings. The maximum absolute atomic E-state index is 4.88. The number of nitrogens with zero attached hydrogens (tertiary/aromatic N) is 4. The number of anilines is 1. The summed E-state index contributed by atoms with van der Waals surface area (Å²) in [5.41, 5.74) is 5.71. The molecule has 2 aliphatic rings. The van der Waals surface area contributed by atoms with Crippen LogP contribution in [0.5, 0.6) is 0 Å². The lowest BCUT2D eigenvalue weighted by Gasteiger charge is -2.39. The van der Waals surface area contributed by atoms with Gasteiger partial charge in [0, 0.05) is 67.7 Å². The maximum atomic E-state index is 4.88. The fourth-order valence-corrected chi connectivity index (χ4v) is 4.58. The Kier molecular flexibility index (Phi) is 5.19. The smallest absolute Gasteiger partial charge is 0.0792 e. The first-order chi connectivity index (χ1) is 13.5. The van der Waals surface area contributed by atoms with Gasteiger partial charge < -0.3 is 10.2 Å². The Morgan fingerprint density at radius 2 is 1.96 bits per heavy atom. The van der Waals surface area contributed by atoms with Crippen molar-refractivity contribution >= 4 is 16.6 Å². The Morgan fingerprint density at radius 1 is 1.21 bits per heavy atom. The lowest BCUT2D eigenvalue weighted by Crippen LogP contribution is -2.49. The molecule has 0 saturated carbocycles. The highest BCUT2D eigenvalue weighted by atomic mass is 15.3. The van der Waals surface area contributed by atoms with E-state index >= 15 is 0 Å². The zero-order valence-corrected chi connectivity index (χ0v) is 17.5. The van der Waals surface area contributed by atoms with Crippen molar-refractivity contribution in [3.05, 3.63) is 48.4 Å². The second-order valence-electron chi connectivity index (χ2n) is 8.34. The predicted octanol–water partition coefficient (Wildman–Crippen LogP) is 3.99. The maximum Gasteiger partial charge on any atom is 0.0792 e. The monoisotopic (exact) mass is 379 g/mol. The lowest BCUT2D eigenvalue weighted by molar-refractivity contribution is 0.193. The summed E-state index contributed by atoms with van der Waals surface area (Å²) in [5.74, 6) is 0.249. The minimum Gasteiger partial charge on any atom is -0.369 e. The number of hydrogen-bond donors (Lipinski definition) is 1. The summed E-state index contributed by atoms with van der Waals surface area (Å²) < 4.78 is 2.03. The molecule has 0 bridgehead atoms. The van der Waals surface area contributed by atoms with E-state index in [0.29, 0.717) is 6.04 Å². The van der Waals surface area contributed by atoms with E-state index in [9.17, 15) is 0 Å². The Balaban J connectivity index is 1.57. The standard InChI is InChI=1S/C23H33N5/c1-6-17(3)27-11-13-28(14-12-27)19-8-10-21-22(15-19)26(5)25-23(21)20-9-7-16(2)24-18(20)4/h8,10,15,17,20,24H,2,4,6-7,9,11-14H2,1,3,5H3/t17-,20?/m1/s1. The minimum absolute atomic E-state index is 0.249. The normalized spacial score (nSPS) is 22.5. The van der Waals surface area contributed by atoms with Gasteiger partial charge in [0.2, 0.25) is 0 Å². The molecule has 2 saturated heterocycles. The van der Waals surface area contributed by atoms with E-state index in [1.165, 1.54) is 23.0 Å². The van der Waals surface area contributed by atoms with Gasteiger partial charge in [-0.15, -0.1) is 0 Å². The molecule has 1 N–H and O–H groups in total. The van der Waals surface area contributed by atoms with Gasteiger partial charge in [-0.05, 0) is 44.4 Å². The van der Waals surface area contributed by atoms with Crippen LogP contribution in [0.4, 0.5) is 5.69 Å². The molecule has 0 aliphatic carbocycles. The van der Waals surface area contributed by atoms with E-state index in [0.717, 1.165) is 56.1 Å². The zero-order valence-electron chi connectivity index (χ0n) is 17.5. The van der Waals surface area contributed by atoms with Crippen LogP contribution in [0.15, 0.2) is 42.8 Å². The van der Waals surface area contributed by atoms with E-state index in [-0.39, 0.29) is 5.92 Å². The summed E-state index contributed by atoms with van der Waals surface area (Å²) >= 11 is 0. The van der Waals surface area contributed by atoms with Crippen molar-refractivity contribution in [1.29, 1.82) is 0 Å². The van der Waals surface area contributed by atoms with Gasteiger partial charge in [-0.3, -0.25) is 9.58 Å². The third kappa shape index (κ3) is 3.44. The van der Waals surface area contributed by atoms with E-state index in [4.69, 9.17) is 5.10 Å². The van der Waals surface area contributed by atoms with E-state index < -0.39 is 0 Å². The summed E-state index contributed by atoms with van der Waals surface area (Å²) in [6.45, 7) is 17.3. The van der Waals surface area contributed by atoms with Gasteiger partial charge in [-0.1, -0.05) is 20.1 Å². The quantitative estimate of drug-likeness (QED) is 0.871. The first-order valence-electron chi connectivity index (χ1n) is 10.6. The molecule has 5 nitrogen and oxygen atoms in total. The molecule has 3 heterocycles. The number of aryl methyl sites for hydroxylation is 1. The number of hydrogen-bond acceptors (Lipinski definition) is 4. The highest BCUT2D eigenvalue weighted by Crippen LogP contribution is 2.36. The van der Waals surface area contributed by atoms with Crippen molar-refractivity contribution in [2.24, 2.45) is 7.05 Å². The van der Waals surface area contributed by atoms with Gasteiger partial charge in [0.25, 0.3) is 0 Å². The molecule has 1 aromatic heterocycles. The van der Waals surface area contributed by atoms with Crippen molar-refractivity contribution < 1.29 is 0 Å². The fourth-order valence-electron chi connectivity index (χ4n) is 4.58. The SMILES string of the molecule is C=C1CCC(c2nn(C)c3cc(N4CCN([C@H](C)CC)CC4)ccc23)C(=C)N1. The minimum atomic E-state index is 0.249. The molecule has 2 aliphatic heterocycles. The number of aromatic nitrogens is 2. The second kappa shape index (κ2) is 7.63. The molecule has 28 heavy (non-hydrogen) atoms. The molecule has 1 unspecified atom stereocenters. The van der Waals surface area contributed by atoms with Gasteiger partial charge in [0.05, 0.1) is 11.2 Å². The molecule has 0 radical (unpaired) electrons. The molecule has 150 valence electrons. The number of nitrogens with one attached hydrogen (secondary N) is 1. The Morgan fingerprint density at radius 3 is 2.64 bits per heavy atom. The molecule has 0 amide bonds. The summed E-state index contributed by atoms with van der Waals surface area (Å²) in [7, 11) is 2.05. The van der Waals surface area contributed by atoms with Gasteiger partial charge in [0.15, 0.2) is 0 Å². The van der Waals surface area contributed by atoms with E-state index in [1.54, 1.807) is 0 Å². The summed E-state index contributed by atoms with van der Waals surface area (Å²) in [4.78, 5) is 5.11. The molecule has 1 aromatic carbocycles. The molecular formula is C23H33N5. The van der Waals surface area contributed by atoms with Crippen LogP contribution >= 0.6 is 0 Å². The largest absolute Gasteiger partial charge is 0.369 e. The Hall–Kier alpha value is -2.27. The predicted molar refractivity (Wildman–Crippen MR) is 118 cm³/mol. The number of fused-ring (bicyclic) bond motifs is 1. The van der Waals surface area contributed by atoms with Crippen LogP contribution in [-0.2, 0) is 7.05 Å². The Labute approximate surface area is 168 Å². The van der Waals surface area contributed by atoms with Crippen LogP contribution < -0.4 is 10.2 Å². The number of piperidine rings is 1. The summed E-state index contributed by atoms with van der Waals surface area (Å²) in [6, 6.07) is 7.51. The van der Waals surface area contributed by atoms with Crippen LogP contribution in [0.1, 0.15) is 44.7 Å². The second-order valence-corrected chi connectivity index (χ2v) is 8.34. The van der Waals surface area contributed by atoms with Crippen molar-refractivity contribution in [3.63, 3.8) is 0 Å².